The van der Waals surface area contributed by atoms with Crippen LogP contribution in [-0.4, -0.2) is 62.6 Å². The maximum absolute atomic E-state index is 4.24. The molecule has 0 bridgehead atoms. The normalized spacial score (nSPS) is 11.9. The van der Waals surface area contributed by atoms with Gasteiger partial charge < -0.3 is 15.5 Å². The first kappa shape index (κ1) is 18.6. The molecule has 0 saturated heterocycles. The van der Waals surface area contributed by atoms with E-state index in [2.05, 4.69) is 40.6 Å². The molecule has 0 aliphatic rings. The Balaban J connectivity index is 3.54. The van der Waals surface area contributed by atoms with Crippen molar-refractivity contribution in [1.82, 2.24) is 15.5 Å². The van der Waals surface area contributed by atoms with Gasteiger partial charge in [-0.15, -0.1) is 0 Å². The lowest BCUT2D eigenvalue weighted by Gasteiger charge is -2.18. The summed E-state index contributed by atoms with van der Waals surface area (Å²) in [6.45, 7) is 9.86. The maximum Gasteiger partial charge on any atom is 0.190 e. The van der Waals surface area contributed by atoms with Crippen LogP contribution in [0.3, 0.4) is 0 Å². The van der Waals surface area contributed by atoms with E-state index >= 15 is 0 Å². The number of nitrogens with zero attached hydrogens (tertiary/aromatic N) is 2. The van der Waals surface area contributed by atoms with Gasteiger partial charge in [0.15, 0.2) is 5.96 Å². The number of unbranched alkanes of at least 4 members (excludes halogenated alkanes) is 1. The topological polar surface area (TPSA) is 39.7 Å². The van der Waals surface area contributed by atoms with Crippen LogP contribution in [0, 0.1) is 0 Å². The van der Waals surface area contributed by atoms with Crippen LogP contribution in [-0.2, 0) is 0 Å². The molecule has 0 amide bonds. The lowest BCUT2D eigenvalue weighted by Crippen LogP contribution is -2.39. The Kier molecular flexibility index (Phi) is 13.7. The smallest absolute Gasteiger partial charge is 0.190 e. The molecule has 4 nitrogen and oxygen atoms in total. The number of hydrogen-bond acceptors (Lipinski definition) is 3. The molecule has 0 aromatic rings. The fourth-order valence-electron chi connectivity index (χ4n) is 1.85. The van der Waals surface area contributed by atoms with Crippen molar-refractivity contribution in [2.75, 3.05) is 51.8 Å². The second-order valence-electron chi connectivity index (χ2n) is 4.51. The van der Waals surface area contributed by atoms with E-state index in [4.69, 9.17) is 0 Å². The van der Waals surface area contributed by atoms with Gasteiger partial charge in [0.25, 0.3) is 0 Å². The van der Waals surface area contributed by atoms with Crippen molar-refractivity contribution < 1.29 is 0 Å². The van der Waals surface area contributed by atoms with Crippen LogP contribution in [0.1, 0.15) is 33.1 Å². The molecular formula is C14H32N4S. The minimum absolute atomic E-state index is 0.934. The van der Waals surface area contributed by atoms with Crippen LogP contribution in [0.4, 0.5) is 0 Å². The molecule has 114 valence electrons. The molecule has 0 aromatic heterocycles. The van der Waals surface area contributed by atoms with E-state index in [1.807, 2.05) is 18.8 Å². The Morgan fingerprint density at radius 1 is 1.05 bits per heavy atom. The standard InChI is InChI=1S/C14H32N4S/c1-5-18(6-2)12-9-11-17-14(15-3)16-10-7-8-13-19-4/h5-13H2,1-4H3,(H2,15,16,17). The summed E-state index contributed by atoms with van der Waals surface area (Å²) >= 11 is 1.91. The van der Waals surface area contributed by atoms with Crippen molar-refractivity contribution in [2.24, 2.45) is 4.99 Å². The molecule has 5 heteroatoms. The molecule has 0 spiro atoms. The number of nitrogens with one attached hydrogen (secondary N) is 2. The highest BCUT2D eigenvalue weighted by atomic mass is 32.2. The second kappa shape index (κ2) is 14.0. The first-order valence-corrected chi connectivity index (χ1v) is 8.83. The minimum Gasteiger partial charge on any atom is -0.356 e. The number of aliphatic imine (C=N–C) groups is 1. The Morgan fingerprint density at radius 2 is 1.68 bits per heavy atom. The first-order chi connectivity index (χ1) is 9.28. The third kappa shape index (κ3) is 11.1. The predicted molar refractivity (Wildman–Crippen MR) is 89.4 cm³/mol. The summed E-state index contributed by atoms with van der Waals surface area (Å²) in [6, 6.07) is 0. The third-order valence-corrected chi connectivity index (χ3v) is 3.83. The number of guanidine groups is 1. The predicted octanol–water partition coefficient (Wildman–Crippen LogP) is 2.03. The van der Waals surface area contributed by atoms with E-state index < -0.39 is 0 Å². The number of rotatable bonds is 11. The van der Waals surface area contributed by atoms with Crippen LogP contribution in [0.15, 0.2) is 4.99 Å². The molecule has 2 N–H and O–H groups in total. The highest BCUT2D eigenvalue weighted by molar-refractivity contribution is 7.98. The van der Waals surface area contributed by atoms with Gasteiger partial charge in [-0.25, -0.2) is 0 Å². The molecular weight excluding hydrogens is 256 g/mol. The Morgan fingerprint density at radius 3 is 2.21 bits per heavy atom. The monoisotopic (exact) mass is 288 g/mol. The molecule has 0 saturated carbocycles. The lowest BCUT2D eigenvalue weighted by molar-refractivity contribution is 0.300. The molecule has 0 radical (unpaired) electrons. The second-order valence-corrected chi connectivity index (χ2v) is 5.49. The summed E-state index contributed by atoms with van der Waals surface area (Å²) in [5, 5.41) is 6.73. The number of thioether (sulfide) groups is 1. The quantitative estimate of drug-likeness (QED) is 0.347. The van der Waals surface area contributed by atoms with E-state index in [9.17, 15) is 0 Å². The molecule has 0 aromatic carbocycles. The van der Waals surface area contributed by atoms with Crippen molar-refractivity contribution in [1.29, 1.82) is 0 Å². The van der Waals surface area contributed by atoms with Crippen LogP contribution < -0.4 is 10.6 Å². The van der Waals surface area contributed by atoms with Crippen LogP contribution in [0.2, 0.25) is 0 Å². The lowest BCUT2D eigenvalue weighted by atomic mass is 10.3. The molecule has 0 heterocycles. The Hall–Kier alpha value is -0.420. The molecule has 0 unspecified atom stereocenters. The summed E-state index contributed by atoms with van der Waals surface area (Å²) in [6.07, 6.45) is 5.80. The van der Waals surface area contributed by atoms with E-state index in [-0.39, 0.29) is 0 Å². The van der Waals surface area contributed by atoms with Gasteiger partial charge in [-0.05, 0) is 50.9 Å². The molecule has 0 rings (SSSR count). The molecule has 0 aliphatic carbocycles. The van der Waals surface area contributed by atoms with Gasteiger partial charge in [-0.2, -0.15) is 11.8 Å². The van der Waals surface area contributed by atoms with Gasteiger partial charge in [-0.3, -0.25) is 4.99 Å². The summed E-state index contributed by atoms with van der Waals surface area (Å²) < 4.78 is 0. The average molecular weight is 289 g/mol. The summed E-state index contributed by atoms with van der Waals surface area (Å²) in [4.78, 5) is 6.68. The SMILES string of the molecule is CCN(CC)CCCNC(=NC)NCCCCSC. The van der Waals surface area contributed by atoms with E-state index in [0.717, 1.165) is 45.1 Å². The average Bonchev–Trinajstić information content (AvgIpc) is 2.45. The van der Waals surface area contributed by atoms with Gasteiger partial charge in [0.1, 0.15) is 0 Å². The summed E-state index contributed by atoms with van der Waals surface area (Å²) in [5.41, 5.74) is 0. The fourth-order valence-corrected chi connectivity index (χ4v) is 2.34. The molecule has 0 fully saturated rings. The van der Waals surface area contributed by atoms with Gasteiger partial charge in [0.2, 0.25) is 0 Å². The maximum atomic E-state index is 4.24. The van der Waals surface area contributed by atoms with Crippen molar-refractivity contribution >= 4 is 17.7 Å². The van der Waals surface area contributed by atoms with Crippen LogP contribution in [0.25, 0.3) is 0 Å². The van der Waals surface area contributed by atoms with Crippen LogP contribution in [0.5, 0.6) is 0 Å². The zero-order valence-corrected chi connectivity index (χ0v) is 14.0. The number of hydrogen-bond donors (Lipinski definition) is 2. The highest BCUT2D eigenvalue weighted by Crippen LogP contribution is 1.97. The molecule has 0 atom stereocenters. The zero-order valence-electron chi connectivity index (χ0n) is 13.2. The highest BCUT2D eigenvalue weighted by Gasteiger charge is 1.99. The van der Waals surface area contributed by atoms with Crippen molar-refractivity contribution in [3.63, 3.8) is 0 Å². The molecule has 19 heavy (non-hydrogen) atoms. The Labute approximate surface area is 123 Å². The van der Waals surface area contributed by atoms with Gasteiger partial charge in [0.05, 0.1) is 0 Å². The van der Waals surface area contributed by atoms with Crippen molar-refractivity contribution in [3.05, 3.63) is 0 Å². The first-order valence-electron chi connectivity index (χ1n) is 7.44. The van der Waals surface area contributed by atoms with E-state index in [1.165, 1.54) is 18.6 Å². The zero-order chi connectivity index (χ0) is 14.3. The van der Waals surface area contributed by atoms with E-state index in [1.54, 1.807) is 0 Å². The van der Waals surface area contributed by atoms with Gasteiger partial charge >= 0.3 is 0 Å². The summed E-state index contributed by atoms with van der Waals surface area (Å²) in [5.74, 6) is 2.18. The largest absolute Gasteiger partial charge is 0.356 e. The fraction of sp³-hybridized carbons (Fsp3) is 0.929. The summed E-state index contributed by atoms with van der Waals surface area (Å²) in [7, 11) is 1.83. The third-order valence-electron chi connectivity index (χ3n) is 3.13. The minimum atomic E-state index is 0.934. The van der Waals surface area contributed by atoms with Crippen LogP contribution >= 0.6 is 11.8 Å². The van der Waals surface area contributed by atoms with Crippen molar-refractivity contribution in [2.45, 2.75) is 33.1 Å². The van der Waals surface area contributed by atoms with Crippen molar-refractivity contribution in [3.8, 4) is 0 Å². The van der Waals surface area contributed by atoms with Gasteiger partial charge in [0, 0.05) is 20.1 Å². The van der Waals surface area contributed by atoms with Gasteiger partial charge in [-0.1, -0.05) is 13.8 Å². The van der Waals surface area contributed by atoms with E-state index in [0.29, 0.717) is 0 Å². The molecule has 0 aliphatic heterocycles. The Bertz CT molecular complexity index is 217.